The van der Waals surface area contributed by atoms with Gasteiger partial charge in [0, 0.05) is 0 Å². The van der Waals surface area contributed by atoms with E-state index in [0.717, 1.165) is 27.1 Å². The van der Waals surface area contributed by atoms with E-state index in [4.69, 9.17) is 4.74 Å². The zero-order chi connectivity index (χ0) is 18.0. The average molecular weight is 354 g/mol. The second-order valence-electron chi connectivity index (χ2n) is 6.40. The zero-order valence-corrected chi connectivity index (χ0v) is 15.7. The van der Waals surface area contributed by atoms with Gasteiger partial charge in [-0.1, -0.05) is 49.4 Å². The maximum atomic E-state index is 12.4. The van der Waals surface area contributed by atoms with Crippen molar-refractivity contribution in [2.24, 2.45) is 0 Å². The molecule has 0 spiro atoms. The molecular weight excluding hydrogens is 332 g/mol. The Balaban J connectivity index is 1.76. The number of nitrogens with zero attached hydrogens (tertiary/aromatic N) is 1. The van der Waals surface area contributed by atoms with Crippen molar-refractivity contribution in [3.8, 4) is 5.75 Å². The summed E-state index contributed by atoms with van der Waals surface area (Å²) in [4.78, 5) is 17.0. The van der Waals surface area contributed by atoms with E-state index in [1.54, 1.807) is 7.11 Å². The molecule has 25 heavy (non-hydrogen) atoms. The van der Waals surface area contributed by atoms with E-state index in [1.165, 1.54) is 16.9 Å². The van der Waals surface area contributed by atoms with Gasteiger partial charge in [0.05, 0.1) is 23.7 Å². The molecule has 3 aromatic rings. The molecule has 0 aliphatic carbocycles. The Kier molecular flexibility index (Phi) is 5.04. The zero-order valence-electron chi connectivity index (χ0n) is 14.9. The Morgan fingerprint density at radius 1 is 1.28 bits per heavy atom. The largest absolute Gasteiger partial charge is 0.496 e. The van der Waals surface area contributed by atoms with E-state index >= 15 is 0 Å². The number of anilines is 1. The highest BCUT2D eigenvalue weighted by molar-refractivity contribution is 7.22. The van der Waals surface area contributed by atoms with Crippen LogP contribution in [0.5, 0.6) is 5.75 Å². The predicted octanol–water partition coefficient (Wildman–Crippen LogP) is 4.92. The molecular formula is C20H22N2O2S. The molecule has 1 N–H and O–H groups in total. The molecule has 3 rings (SSSR count). The first-order valence-corrected chi connectivity index (χ1v) is 9.12. The number of methoxy groups -OCH3 is 1. The van der Waals surface area contributed by atoms with E-state index < -0.39 is 0 Å². The van der Waals surface area contributed by atoms with Crippen LogP contribution in [-0.4, -0.2) is 18.0 Å². The Morgan fingerprint density at radius 2 is 2.08 bits per heavy atom. The molecule has 0 saturated carbocycles. The van der Waals surface area contributed by atoms with Gasteiger partial charge in [-0.25, -0.2) is 4.98 Å². The van der Waals surface area contributed by atoms with Gasteiger partial charge in [0.2, 0.25) is 5.91 Å². The lowest BCUT2D eigenvalue weighted by molar-refractivity contribution is -0.115. The summed E-state index contributed by atoms with van der Waals surface area (Å²) in [5.41, 5.74) is 4.17. The van der Waals surface area contributed by atoms with Crippen LogP contribution in [0.1, 0.15) is 36.5 Å². The Bertz CT molecular complexity index is 915. The van der Waals surface area contributed by atoms with Crippen molar-refractivity contribution in [3.05, 3.63) is 53.1 Å². The van der Waals surface area contributed by atoms with Gasteiger partial charge in [-0.15, -0.1) is 0 Å². The van der Waals surface area contributed by atoms with E-state index in [1.807, 2.05) is 37.3 Å². The number of thiazole rings is 1. The fraction of sp³-hybridized carbons (Fsp3) is 0.300. The van der Waals surface area contributed by atoms with Crippen LogP contribution in [0.4, 0.5) is 5.13 Å². The summed E-state index contributed by atoms with van der Waals surface area (Å²) in [5, 5.41) is 3.58. The van der Waals surface area contributed by atoms with Gasteiger partial charge in [-0.05, 0) is 41.7 Å². The number of carbonyl (C=O) groups excluding carboxylic acids is 1. The monoisotopic (exact) mass is 354 g/mol. The molecule has 1 aromatic heterocycles. The number of para-hydroxylation sites is 1. The number of amides is 1. The molecule has 4 nitrogen and oxygen atoms in total. The minimum absolute atomic E-state index is 0.0604. The summed E-state index contributed by atoms with van der Waals surface area (Å²) < 4.78 is 6.35. The first-order valence-electron chi connectivity index (χ1n) is 8.30. The second kappa shape index (κ2) is 7.23. The number of hydrogen-bond donors (Lipinski definition) is 1. The van der Waals surface area contributed by atoms with Crippen molar-refractivity contribution in [2.75, 3.05) is 12.4 Å². The molecule has 0 radical (unpaired) electrons. The fourth-order valence-electron chi connectivity index (χ4n) is 2.89. The number of hydrogen-bond acceptors (Lipinski definition) is 4. The highest BCUT2D eigenvalue weighted by Crippen LogP contribution is 2.31. The van der Waals surface area contributed by atoms with Crippen LogP contribution in [0.3, 0.4) is 0 Å². The van der Waals surface area contributed by atoms with Gasteiger partial charge in [-0.3, -0.25) is 4.79 Å². The van der Waals surface area contributed by atoms with Gasteiger partial charge in [-0.2, -0.15) is 0 Å². The van der Waals surface area contributed by atoms with Crippen LogP contribution in [0, 0.1) is 6.92 Å². The minimum atomic E-state index is -0.0604. The van der Waals surface area contributed by atoms with Gasteiger partial charge >= 0.3 is 0 Å². The van der Waals surface area contributed by atoms with E-state index in [-0.39, 0.29) is 5.91 Å². The third kappa shape index (κ3) is 3.82. The first kappa shape index (κ1) is 17.4. The highest BCUT2D eigenvalue weighted by Gasteiger charge is 2.13. The molecule has 0 saturated heterocycles. The summed E-state index contributed by atoms with van der Waals surface area (Å²) in [6, 6.07) is 12.0. The number of benzene rings is 2. The standard InChI is InChI=1S/C20H22N2O2S/c1-12(2)15-6-5-7-17-19(15)22-20(25-17)21-18(23)11-14-8-9-16(24-4)13(3)10-14/h5-10,12H,11H2,1-4H3,(H,21,22,23). The maximum absolute atomic E-state index is 12.4. The van der Waals surface area contributed by atoms with Crippen LogP contribution in [-0.2, 0) is 11.2 Å². The number of aromatic nitrogens is 1. The lowest BCUT2D eigenvalue weighted by Crippen LogP contribution is -2.14. The Labute approximate surface area is 151 Å². The van der Waals surface area contributed by atoms with E-state index in [0.29, 0.717) is 17.5 Å². The molecule has 0 unspecified atom stereocenters. The van der Waals surface area contributed by atoms with Crippen molar-refractivity contribution in [1.82, 2.24) is 4.98 Å². The van der Waals surface area contributed by atoms with Crippen molar-refractivity contribution < 1.29 is 9.53 Å². The molecule has 0 bridgehead atoms. The molecule has 130 valence electrons. The van der Waals surface area contributed by atoms with Crippen molar-refractivity contribution in [1.29, 1.82) is 0 Å². The quantitative estimate of drug-likeness (QED) is 0.708. The fourth-order valence-corrected chi connectivity index (χ4v) is 3.81. The third-order valence-corrected chi connectivity index (χ3v) is 5.08. The van der Waals surface area contributed by atoms with E-state index in [2.05, 4.69) is 30.2 Å². The topological polar surface area (TPSA) is 51.2 Å². The van der Waals surface area contributed by atoms with Crippen molar-refractivity contribution in [3.63, 3.8) is 0 Å². The molecule has 0 atom stereocenters. The average Bonchev–Trinajstić information content (AvgIpc) is 2.96. The molecule has 0 aliphatic heterocycles. The number of rotatable bonds is 5. The van der Waals surface area contributed by atoms with Crippen LogP contribution in [0.2, 0.25) is 0 Å². The number of ether oxygens (including phenoxy) is 1. The SMILES string of the molecule is COc1ccc(CC(=O)Nc2nc3c(C(C)C)cccc3s2)cc1C. The Hall–Kier alpha value is -2.40. The summed E-state index contributed by atoms with van der Waals surface area (Å²) in [6.07, 6.45) is 0.317. The van der Waals surface area contributed by atoms with Gasteiger partial charge < -0.3 is 10.1 Å². The van der Waals surface area contributed by atoms with Crippen molar-refractivity contribution in [2.45, 2.75) is 33.1 Å². The molecule has 5 heteroatoms. The number of nitrogens with one attached hydrogen (secondary N) is 1. The molecule has 1 amide bonds. The predicted molar refractivity (Wildman–Crippen MR) is 104 cm³/mol. The maximum Gasteiger partial charge on any atom is 0.230 e. The van der Waals surface area contributed by atoms with Crippen LogP contribution >= 0.6 is 11.3 Å². The molecule has 0 fully saturated rings. The summed E-state index contributed by atoms with van der Waals surface area (Å²) >= 11 is 1.51. The number of fused-ring (bicyclic) bond motifs is 1. The van der Waals surface area contributed by atoms with Gasteiger partial charge in [0.1, 0.15) is 5.75 Å². The molecule has 2 aromatic carbocycles. The lowest BCUT2D eigenvalue weighted by atomic mass is 10.0. The van der Waals surface area contributed by atoms with Crippen LogP contribution < -0.4 is 10.1 Å². The number of carbonyl (C=O) groups is 1. The van der Waals surface area contributed by atoms with Crippen LogP contribution in [0.15, 0.2) is 36.4 Å². The summed E-state index contributed by atoms with van der Waals surface area (Å²) in [5.74, 6) is 1.17. The number of aryl methyl sites for hydroxylation is 1. The first-order chi connectivity index (χ1) is 12.0. The van der Waals surface area contributed by atoms with Crippen molar-refractivity contribution >= 4 is 32.6 Å². The third-order valence-electron chi connectivity index (χ3n) is 4.14. The smallest absolute Gasteiger partial charge is 0.230 e. The molecule has 1 heterocycles. The second-order valence-corrected chi connectivity index (χ2v) is 7.43. The van der Waals surface area contributed by atoms with Gasteiger partial charge in [0.15, 0.2) is 5.13 Å². The Morgan fingerprint density at radius 3 is 2.76 bits per heavy atom. The van der Waals surface area contributed by atoms with Crippen LogP contribution in [0.25, 0.3) is 10.2 Å². The minimum Gasteiger partial charge on any atom is -0.496 e. The summed E-state index contributed by atoms with van der Waals surface area (Å²) in [6.45, 7) is 6.28. The van der Waals surface area contributed by atoms with Gasteiger partial charge in [0.25, 0.3) is 0 Å². The highest BCUT2D eigenvalue weighted by atomic mass is 32.1. The normalized spacial score (nSPS) is 11.1. The summed E-state index contributed by atoms with van der Waals surface area (Å²) in [7, 11) is 1.65. The molecule has 0 aliphatic rings. The van der Waals surface area contributed by atoms with E-state index in [9.17, 15) is 4.79 Å². The lowest BCUT2D eigenvalue weighted by Gasteiger charge is -2.07.